The fourth-order valence-corrected chi connectivity index (χ4v) is 1.89. The van der Waals surface area contributed by atoms with Gasteiger partial charge in [-0.25, -0.2) is 0 Å². The van der Waals surface area contributed by atoms with Crippen LogP contribution in [0.1, 0.15) is 17.5 Å². The van der Waals surface area contributed by atoms with Crippen molar-refractivity contribution in [2.75, 3.05) is 13.7 Å². The Kier molecular flexibility index (Phi) is 3.89. The summed E-state index contributed by atoms with van der Waals surface area (Å²) in [6.45, 7) is 2.32. The molecule has 2 rings (SSSR count). The number of furan rings is 1. The molecule has 0 bridgehead atoms. The zero-order chi connectivity index (χ0) is 13.1. The van der Waals surface area contributed by atoms with Gasteiger partial charge in [0.1, 0.15) is 5.58 Å². The minimum absolute atomic E-state index is 0.0701. The van der Waals surface area contributed by atoms with E-state index in [4.69, 9.17) is 20.8 Å². The molecule has 18 heavy (non-hydrogen) atoms. The molecule has 0 spiro atoms. The van der Waals surface area contributed by atoms with Gasteiger partial charge in [-0.1, -0.05) is 11.6 Å². The number of carbonyl (C=O) groups is 1. The van der Waals surface area contributed by atoms with Crippen LogP contribution in [0.2, 0.25) is 5.02 Å². The average molecular weight is 268 g/mol. The fraction of sp³-hybridized carbons (Fsp3) is 0.308. The summed E-state index contributed by atoms with van der Waals surface area (Å²) in [6.07, 6.45) is 0. The first-order chi connectivity index (χ1) is 8.60. The average Bonchev–Trinajstić information content (AvgIpc) is 2.72. The number of hydrogen-bond acceptors (Lipinski definition) is 3. The third-order valence-corrected chi connectivity index (χ3v) is 2.73. The second-order valence-electron chi connectivity index (χ2n) is 4.12. The number of hydrogen-bond donors (Lipinski definition) is 1. The van der Waals surface area contributed by atoms with Crippen molar-refractivity contribution < 1.29 is 13.9 Å². The lowest BCUT2D eigenvalue weighted by molar-refractivity contribution is 0.0880. The second-order valence-corrected chi connectivity index (χ2v) is 4.56. The number of methoxy groups -OCH3 is 1. The Bertz CT molecular complexity index is 564. The number of rotatable bonds is 4. The Hall–Kier alpha value is -1.52. The summed E-state index contributed by atoms with van der Waals surface area (Å²) in [7, 11) is 1.59. The van der Waals surface area contributed by atoms with Crippen LogP contribution in [0.5, 0.6) is 0 Å². The van der Waals surface area contributed by atoms with Gasteiger partial charge in [0.2, 0.25) is 0 Å². The minimum atomic E-state index is -0.258. The van der Waals surface area contributed by atoms with Crippen molar-refractivity contribution in [2.45, 2.75) is 13.0 Å². The molecule has 1 aromatic carbocycles. The molecular weight excluding hydrogens is 254 g/mol. The normalized spacial score (nSPS) is 12.6. The second kappa shape index (κ2) is 5.42. The lowest BCUT2D eigenvalue weighted by atomic mass is 10.2. The van der Waals surface area contributed by atoms with Crippen LogP contribution in [0.25, 0.3) is 11.0 Å². The maximum absolute atomic E-state index is 11.9. The highest BCUT2D eigenvalue weighted by Gasteiger charge is 2.14. The molecule has 96 valence electrons. The van der Waals surface area contributed by atoms with Gasteiger partial charge in [-0.05, 0) is 31.2 Å². The largest absolute Gasteiger partial charge is 0.451 e. The van der Waals surface area contributed by atoms with E-state index in [1.54, 1.807) is 31.4 Å². The molecule has 0 aliphatic carbocycles. The number of ether oxygens (including phenoxy) is 1. The zero-order valence-corrected chi connectivity index (χ0v) is 11.0. The Morgan fingerprint density at radius 3 is 3.00 bits per heavy atom. The maximum Gasteiger partial charge on any atom is 0.287 e. The molecular formula is C13H14ClNO3. The molecule has 1 aromatic heterocycles. The predicted octanol–water partition coefficient (Wildman–Crippen LogP) is 2.85. The standard InChI is InChI=1S/C13H14ClNO3/c1-8(7-17-2)15-13(16)12-6-9-5-10(14)3-4-11(9)18-12/h3-6,8H,7H2,1-2H3,(H,15,16)/t8-/m0/s1. The molecule has 2 aromatic rings. The van der Waals surface area contributed by atoms with Crippen LogP contribution in [0.3, 0.4) is 0 Å². The van der Waals surface area contributed by atoms with E-state index in [-0.39, 0.29) is 17.7 Å². The van der Waals surface area contributed by atoms with Crippen LogP contribution in [0.4, 0.5) is 0 Å². The molecule has 0 saturated carbocycles. The fourth-order valence-electron chi connectivity index (χ4n) is 1.71. The Labute approximate surface area is 110 Å². The number of carbonyl (C=O) groups excluding carboxylic acids is 1. The molecule has 1 atom stereocenters. The third kappa shape index (κ3) is 2.83. The smallest absolute Gasteiger partial charge is 0.287 e. The molecule has 0 fully saturated rings. The van der Waals surface area contributed by atoms with Gasteiger partial charge >= 0.3 is 0 Å². The number of nitrogens with one attached hydrogen (secondary N) is 1. The highest BCUT2D eigenvalue weighted by molar-refractivity contribution is 6.31. The molecule has 0 unspecified atom stereocenters. The van der Waals surface area contributed by atoms with E-state index in [1.807, 2.05) is 6.92 Å². The van der Waals surface area contributed by atoms with Crippen molar-refractivity contribution in [1.29, 1.82) is 0 Å². The number of benzene rings is 1. The van der Waals surface area contributed by atoms with Gasteiger partial charge in [-0.15, -0.1) is 0 Å². The monoisotopic (exact) mass is 267 g/mol. The summed E-state index contributed by atoms with van der Waals surface area (Å²) in [6, 6.07) is 6.83. The summed E-state index contributed by atoms with van der Waals surface area (Å²) >= 11 is 5.87. The van der Waals surface area contributed by atoms with Crippen LogP contribution in [-0.2, 0) is 4.74 Å². The number of halogens is 1. The van der Waals surface area contributed by atoms with Gasteiger partial charge < -0.3 is 14.5 Å². The van der Waals surface area contributed by atoms with E-state index in [1.165, 1.54) is 0 Å². The highest BCUT2D eigenvalue weighted by atomic mass is 35.5. The van der Waals surface area contributed by atoms with E-state index < -0.39 is 0 Å². The Morgan fingerprint density at radius 2 is 2.28 bits per heavy atom. The summed E-state index contributed by atoms with van der Waals surface area (Å²) in [5.74, 6) is 0.0158. The number of amides is 1. The van der Waals surface area contributed by atoms with E-state index in [9.17, 15) is 4.79 Å². The van der Waals surface area contributed by atoms with Gasteiger partial charge in [-0.3, -0.25) is 4.79 Å². The molecule has 0 saturated heterocycles. The van der Waals surface area contributed by atoms with Crippen molar-refractivity contribution in [3.8, 4) is 0 Å². The quantitative estimate of drug-likeness (QED) is 0.927. The maximum atomic E-state index is 11.9. The van der Waals surface area contributed by atoms with Gasteiger partial charge in [0, 0.05) is 23.6 Å². The lowest BCUT2D eigenvalue weighted by Gasteiger charge is -2.10. The summed E-state index contributed by atoms with van der Waals surface area (Å²) in [5, 5.41) is 4.21. The topological polar surface area (TPSA) is 51.5 Å². The van der Waals surface area contributed by atoms with Gasteiger partial charge in [0.25, 0.3) is 5.91 Å². The van der Waals surface area contributed by atoms with Crippen LogP contribution in [-0.4, -0.2) is 25.7 Å². The van der Waals surface area contributed by atoms with Crippen molar-refractivity contribution in [3.05, 3.63) is 35.0 Å². The molecule has 0 radical (unpaired) electrons. The zero-order valence-electron chi connectivity index (χ0n) is 10.2. The van der Waals surface area contributed by atoms with Crippen molar-refractivity contribution in [1.82, 2.24) is 5.32 Å². The minimum Gasteiger partial charge on any atom is -0.451 e. The van der Waals surface area contributed by atoms with Crippen molar-refractivity contribution in [2.24, 2.45) is 0 Å². The van der Waals surface area contributed by atoms with E-state index >= 15 is 0 Å². The molecule has 0 aliphatic heterocycles. The first-order valence-corrected chi connectivity index (χ1v) is 5.97. The Balaban J connectivity index is 2.18. The summed E-state index contributed by atoms with van der Waals surface area (Å²) in [5.41, 5.74) is 0.643. The molecule has 4 nitrogen and oxygen atoms in total. The van der Waals surface area contributed by atoms with Crippen LogP contribution >= 0.6 is 11.6 Å². The highest BCUT2D eigenvalue weighted by Crippen LogP contribution is 2.22. The van der Waals surface area contributed by atoms with Gasteiger partial charge in [0.05, 0.1) is 6.61 Å². The molecule has 1 amide bonds. The van der Waals surface area contributed by atoms with Crippen molar-refractivity contribution >= 4 is 28.5 Å². The molecule has 0 aliphatic rings. The SMILES string of the molecule is COC[C@H](C)NC(=O)c1cc2cc(Cl)ccc2o1. The van der Waals surface area contributed by atoms with Gasteiger partial charge in [-0.2, -0.15) is 0 Å². The first-order valence-electron chi connectivity index (χ1n) is 5.59. The van der Waals surface area contributed by atoms with E-state index in [2.05, 4.69) is 5.32 Å². The van der Waals surface area contributed by atoms with Crippen LogP contribution in [0, 0.1) is 0 Å². The first kappa shape index (κ1) is 12.9. The van der Waals surface area contributed by atoms with Crippen molar-refractivity contribution in [3.63, 3.8) is 0 Å². The molecule has 1 N–H and O–H groups in total. The van der Waals surface area contributed by atoms with Crippen LogP contribution in [0.15, 0.2) is 28.7 Å². The van der Waals surface area contributed by atoms with E-state index in [0.29, 0.717) is 17.2 Å². The van der Waals surface area contributed by atoms with E-state index in [0.717, 1.165) is 5.39 Å². The third-order valence-electron chi connectivity index (χ3n) is 2.50. The molecule has 1 heterocycles. The van der Waals surface area contributed by atoms with Crippen LogP contribution < -0.4 is 5.32 Å². The summed E-state index contributed by atoms with van der Waals surface area (Å²) in [4.78, 5) is 11.9. The number of fused-ring (bicyclic) bond motifs is 1. The Morgan fingerprint density at radius 1 is 1.50 bits per heavy atom. The predicted molar refractivity (Wildman–Crippen MR) is 70.0 cm³/mol. The summed E-state index contributed by atoms with van der Waals surface area (Å²) < 4.78 is 10.4. The lowest BCUT2D eigenvalue weighted by Crippen LogP contribution is -2.35. The molecule has 5 heteroatoms. The van der Waals surface area contributed by atoms with Gasteiger partial charge in [0.15, 0.2) is 5.76 Å².